The molecule has 0 saturated carbocycles. The summed E-state index contributed by atoms with van der Waals surface area (Å²) in [6.45, 7) is 2.73. The van der Waals surface area contributed by atoms with Gasteiger partial charge >= 0.3 is 0 Å². The van der Waals surface area contributed by atoms with Crippen molar-refractivity contribution in [2.75, 3.05) is 27.3 Å². The summed E-state index contributed by atoms with van der Waals surface area (Å²) in [7, 11) is -0.344. The maximum Gasteiger partial charge on any atom is 0.242 e. The highest BCUT2D eigenvalue weighted by atomic mass is 32.2. The van der Waals surface area contributed by atoms with Crippen LogP contribution < -0.4 is 5.73 Å². The molecule has 112 valence electrons. The van der Waals surface area contributed by atoms with E-state index in [1.165, 1.54) is 10.4 Å². The van der Waals surface area contributed by atoms with E-state index in [0.29, 0.717) is 25.1 Å². The van der Waals surface area contributed by atoms with Crippen molar-refractivity contribution in [3.63, 3.8) is 0 Å². The fourth-order valence-electron chi connectivity index (χ4n) is 1.80. The number of ether oxygens (including phenoxy) is 1. The average molecular weight is 316 g/mol. The van der Waals surface area contributed by atoms with E-state index >= 15 is 0 Å². The second-order valence-corrected chi connectivity index (χ2v) is 7.00. The highest BCUT2D eigenvalue weighted by molar-refractivity contribution is 7.89. The molecular formula is C13H20N2O3S2. The average Bonchev–Trinajstić information content (AvgIpc) is 2.38. The molecule has 1 rings (SSSR count). The Labute approximate surface area is 125 Å². The Balaban J connectivity index is 2.98. The van der Waals surface area contributed by atoms with Crippen molar-refractivity contribution < 1.29 is 13.2 Å². The van der Waals surface area contributed by atoms with E-state index in [4.69, 9.17) is 22.7 Å². The molecule has 0 saturated heterocycles. The van der Waals surface area contributed by atoms with Crippen LogP contribution in [-0.2, 0) is 14.8 Å². The topological polar surface area (TPSA) is 72.6 Å². The number of methoxy groups -OCH3 is 1. The molecule has 5 nitrogen and oxygen atoms in total. The minimum Gasteiger partial charge on any atom is -0.389 e. The molecule has 0 amide bonds. The normalized spacial score (nSPS) is 11.8. The van der Waals surface area contributed by atoms with Gasteiger partial charge in [0.05, 0.1) is 4.90 Å². The second-order valence-electron chi connectivity index (χ2n) is 4.51. The standard InChI is InChI=1S/C13H20N2O3S2/c1-10-9-11(5-6-12(10)13(14)19)20(16,17)15(2)7-4-8-18-3/h5-6,9H,4,7-8H2,1-3H3,(H2,14,19). The quantitative estimate of drug-likeness (QED) is 0.606. The van der Waals surface area contributed by atoms with Crippen LogP contribution in [0.3, 0.4) is 0 Å². The van der Waals surface area contributed by atoms with Crippen LogP contribution >= 0.6 is 12.2 Å². The number of hydrogen-bond acceptors (Lipinski definition) is 4. The minimum absolute atomic E-state index is 0.245. The van der Waals surface area contributed by atoms with Gasteiger partial charge in [0.1, 0.15) is 4.99 Å². The molecule has 0 radical (unpaired) electrons. The molecule has 0 heterocycles. The fourth-order valence-corrected chi connectivity index (χ4v) is 3.33. The van der Waals surface area contributed by atoms with Crippen molar-refractivity contribution in [2.45, 2.75) is 18.2 Å². The van der Waals surface area contributed by atoms with Gasteiger partial charge in [-0.05, 0) is 31.0 Å². The lowest BCUT2D eigenvalue weighted by Gasteiger charge is -2.17. The summed E-state index contributed by atoms with van der Waals surface area (Å²) in [6.07, 6.45) is 0.649. The number of sulfonamides is 1. The first kappa shape index (κ1) is 17.0. The zero-order chi connectivity index (χ0) is 15.3. The third-order valence-corrected chi connectivity index (χ3v) is 5.07. The highest BCUT2D eigenvalue weighted by Gasteiger charge is 2.21. The smallest absolute Gasteiger partial charge is 0.242 e. The maximum atomic E-state index is 12.4. The Morgan fingerprint density at radius 2 is 2.10 bits per heavy atom. The summed E-state index contributed by atoms with van der Waals surface area (Å²) in [6, 6.07) is 4.77. The summed E-state index contributed by atoms with van der Waals surface area (Å²) in [5.74, 6) is 0. The first-order valence-electron chi connectivity index (χ1n) is 6.16. The van der Waals surface area contributed by atoms with Gasteiger partial charge in [-0.1, -0.05) is 18.3 Å². The predicted molar refractivity (Wildman–Crippen MR) is 83.4 cm³/mol. The van der Waals surface area contributed by atoms with Crippen molar-refractivity contribution in [3.8, 4) is 0 Å². The van der Waals surface area contributed by atoms with Gasteiger partial charge in [0.25, 0.3) is 0 Å². The van der Waals surface area contributed by atoms with E-state index in [1.54, 1.807) is 33.2 Å². The van der Waals surface area contributed by atoms with Crippen LogP contribution in [0, 0.1) is 6.92 Å². The molecule has 0 atom stereocenters. The molecule has 1 aromatic rings. The number of thiocarbonyl (C=S) groups is 1. The lowest BCUT2D eigenvalue weighted by molar-refractivity contribution is 0.189. The predicted octanol–water partition coefficient (Wildman–Crippen LogP) is 1.29. The monoisotopic (exact) mass is 316 g/mol. The number of aryl methyl sites for hydroxylation is 1. The lowest BCUT2D eigenvalue weighted by Crippen LogP contribution is -2.28. The molecule has 0 aromatic heterocycles. The van der Waals surface area contributed by atoms with Crippen LogP contribution in [0.1, 0.15) is 17.5 Å². The van der Waals surface area contributed by atoms with E-state index in [0.717, 1.165) is 5.56 Å². The van der Waals surface area contributed by atoms with Crippen molar-refractivity contribution in [1.82, 2.24) is 4.31 Å². The Bertz CT molecular complexity index is 585. The number of nitrogens with zero attached hydrogens (tertiary/aromatic N) is 1. The molecular weight excluding hydrogens is 296 g/mol. The van der Waals surface area contributed by atoms with Crippen LogP contribution in [0.25, 0.3) is 0 Å². The van der Waals surface area contributed by atoms with Crippen molar-refractivity contribution in [2.24, 2.45) is 5.73 Å². The van der Waals surface area contributed by atoms with Crippen molar-refractivity contribution in [1.29, 1.82) is 0 Å². The van der Waals surface area contributed by atoms with Gasteiger partial charge < -0.3 is 10.5 Å². The van der Waals surface area contributed by atoms with Crippen LogP contribution in [-0.4, -0.2) is 45.0 Å². The Kier molecular flexibility index (Phi) is 6.07. The first-order chi connectivity index (χ1) is 9.30. The van der Waals surface area contributed by atoms with E-state index < -0.39 is 10.0 Å². The molecule has 1 aromatic carbocycles. The van der Waals surface area contributed by atoms with Gasteiger partial charge in [0.15, 0.2) is 0 Å². The van der Waals surface area contributed by atoms with Crippen LogP contribution in [0.15, 0.2) is 23.1 Å². The maximum absolute atomic E-state index is 12.4. The van der Waals surface area contributed by atoms with E-state index in [-0.39, 0.29) is 9.88 Å². The zero-order valence-corrected chi connectivity index (χ0v) is 13.6. The summed E-state index contributed by atoms with van der Waals surface area (Å²) in [5.41, 5.74) is 7.02. The van der Waals surface area contributed by atoms with E-state index in [1.807, 2.05) is 0 Å². The fraction of sp³-hybridized carbons (Fsp3) is 0.462. The number of benzene rings is 1. The minimum atomic E-state index is -3.49. The van der Waals surface area contributed by atoms with Crippen molar-refractivity contribution >= 4 is 27.2 Å². The first-order valence-corrected chi connectivity index (χ1v) is 8.01. The summed E-state index contributed by atoms with van der Waals surface area (Å²) in [4.78, 5) is 0.509. The third-order valence-electron chi connectivity index (χ3n) is 2.99. The molecule has 0 unspecified atom stereocenters. The van der Waals surface area contributed by atoms with Crippen LogP contribution in [0.4, 0.5) is 0 Å². The van der Waals surface area contributed by atoms with Gasteiger partial charge in [0, 0.05) is 32.9 Å². The van der Waals surface area contributed by atoms with Gasteiger partial charge in [-0.15, -0.1) is 0 Å². The third kappa shape index (κ3) is 3.99. The SMILES string of the molecule is COCCCN(C)S(=O)(=O)c1ccc(C(N)=S)c(C)c1. The Hall–Kier alpha value is -1.02. The van der Waals surface area contributed by atoms with Gasteiger partial charge in [0.2, 0.25) is 10.0 Å². The van der Waals surface area contributed by atoms with E-state index in [2.05, 4.69) is 0 Å². The Morgan fingerprint density at radius 1 is 1.45 bits per heavy atom. The zero-order valence-electron chi connectivity index (χ0n) is 11.9. The number of hydrogen-bond donors (Lipinski definition) is 1. The number of nitrogens with two attached hydrogens (primary N) is 1. The molecule has 0 aliphatic heterocycles. The van der Waals surface area contributed by atoms with Gasteiger partial charge in [-0.2, -0.15) is 0 Å². The van der Waals surface area contributed by atoms with Crippen molar-refractivity contribution in [3.05, 3.63) is 29.3 Å². The number of rotatable bonds is 7. The summed E-state index contributed by atoms with van der Waals surface area (Å²) in [5, 5.41) is 0. The second kappa shape index (κ2) is 7.12. The van der Waals surface area contributed by atoms with E-state index in [9.17, 15) is 8.42 Å². The summed E-state index contributed by atoms with van der Waals surface area (Å²) >= 11 is 4.91. The summed E-state index contributed by atoms with van der Waals surface area (Å²) < 4.78 is 31.0. The molecule has 0 bridgehead atoms. The molecule has 0 aliphatic rings. The molecule has 0 fully saturated rings. The van der Waals surface area contributed by atoms with Crippen LogP contribution in [0.5, 0.6) is 0 Å². The molecule has 7 heteroatoms. The largest absolute Gasteiger partial charge is 0.389 e. The molecule has 0 spiro atoms. The molecule has 20 heavy (non-hydrogen) atoms. The molecule has 0 aliphatic carbocycles. The Morgan fingerprint density at radius 3 is 2.60 bits per heavy atom. The van der Waals surface area contributed by atoms with Crippen LogP contribution in [0.2, 0.25) is 0 Å². The molecule has 2 N–H and O–H groups in total. The van der Waals surface area contributed by atoms with Gasteiger partial charge in [-0.3, -0.25) is 0 Å². The van der Waals surface area contributed by atoms with Gasteiger partial charge in [-0.25, -0.2) is 12.7 Å². The highest BCUT2D eigenvalue weighted by Crippen LogP contribution is 2.18. The lowest BCUT2D eigenvalue weighted by atomic mass is 10.1.